The Kier molecular flexibility index (Phi) is 5.22. The second kappa shape index (κ2) is 7.81. The molecule has 1 aliphatic rings. The van der Waals surface area contributed by atoms with Crippen LogP contribution in [0.25, 0.3) is 11.3 Å². The number of hydrogen-bond acceptors (Lipinski definition) is 4. The van der Waals surface area contributed by atoms with Gasteiger partial charge in [0, 0.05) is 36.3 Å². The van der Waals surface area contributed by atoms with Crippen LogP contribution in [0.4, 0.5) is 19.0 Å². The molecule has 29 heavy (non-hydrogen) atoms. The zero-order valence-electron chi connectivity index (χ0n) is 15.9. The molecule has 2 heterocycles. The van der Waals surface area contributed by atoms with Crippen LogP contribution in [0.15, 0.2) is 48.7 Å². The fourth-order valence-electron chi connectivity index (χ4n) is 3.89. The number of alkyl halides is 1. The van der Waals surface area contributed by atoms with E-state index in [0.717, 1.165) is 0 Å². The highest BCUT2D eigenvalue weighted by atomic mass is 19.1. The smallest absolute Gasteiger partial charge is 0.151 e. The van der Waals surface area contributed by atoms with Crippen LogP contribution < -0.4 is 4.90 Å². The SMILES string of the molecule is CCN(CC1(c2ncccc2F)CC(F)C1)c1ccc(-c2c[c]c(F)cc2)nn1. The van der Waals surface area contributed by atoms with Gasteiger partial charge in [0.1, 0.15) is 17.8 Å². The van der Waals surface area contributed by atoms with E-state index in [1.54, 1.807) is 12.1 Å². The number of pyridine rings is 1. The zero-order valence-corrected chi connectivity index (χ0v) is 15.9. The second-order valence-electron chi connectivity index (χ2n) is 7.34. The first-order valence-corrected chi connectivity index (χ1v) is 9.52. The van der Waals surface area contributed by atoms with Crippen LogP contribution >= 0.6 is 0 Å². The lowest BCUT2D eigenvalue weighted by molar-refractivity contribution is 0.0914. The minimum absolute atomic E-state index is 0.231. The molecule has 0 atom stereocenters. The molecule has 0 spiro atoms. The van der Waals surface area contributed by atoms with Crippen molar-refractivity contribution in [2.24, 2.45) is 0 Å². The maximum Gasteiger partial charge on any atom is 0.151 e. The van der Waals surface area contributed by atoms with Gasteiger partial charge in [-0.3, -0.25) is 4.98 Å². The molecule has 1 aromatic carbocycles. The van der Waals surface area contributed by atoms with E-state index in [1.807, 2.05) is 17.9 Å². The molecule has 1 fully saturated rings. The number of aromatic nitrogens is 3. The molecule has 3 aromatic rings. The summed E-state index contributed by atoms with van der Waals surface area (Å²) in [5.74, 6) is -0.237. The zero-order chi connectivity index (χ0) is 20.4. The first kappa shape index (κ1) is 19.4. The fraction of sp³-hybridized carbons (Fsp3) is 0.318. The number of nitrogens with zero attached hydrogens (tertiary/aromatic N) is 4. The molecule has 4 rings (SSSR count). The molecule has 0 bridgehead atoms. The Bertz CT molecular complexity index is 970. The predicted octanol–water partition coefficient (Wildman–Crippen LogP) is 4.51. The summed E-state index contributed by atoms with van der Waals surface area (Å²) in [4.78, 5) is 6.16. The van der Waals surface area contributed by atoms with Crippen molar-refractivity contribution >= 4 is 5.82 Å². The van der Waals surface area contributed by atoms with Crippen molar-refractivity contribution in [1.82, 2.24) is 15.2 Å². The van der Waals surface area contributed by atoms with Crippen LogP contribution in [-0.4, -0.2) is 34.4 Å². The lowest BCUT2D eigenvalue weighted by Crippen LogP contribution is -2.52. The molecule has 1 aliphatic carbocycles. The van der Waals surface area contributed by atoms with E-state index in [2.05, 4.69) is 21.2 Å². The largest absolute Gasteiger partial charge is 0.354 e. The van der Waals surface area contributed by atoms with Gasteiger partial charge in [-0.1, -0.05) is 0 Å². The number of rotatable bonds is 6. The van der Waals surface area contributed by atoms with Gasteiger partial charge in [-0.2, -0.15) is 0 Å². The number of likely N-dealkylation sites (N-methyl/N-ethyl adjacent to an activating group) is 1. The number of benzene rings is 1. The third kappa shape index (κ3) is 3.81. The summed E-state index contributed by atoms with van der Waals surface area (Å²) in [7, 11) is 0. The quantitative estimate of drug-likeness (QED) is 0.614. The Balaban J connectivity index is 1.58. The van der Waals surface area contributed by atoms with Gasteiger partial charge in [-0.15, -0.1) is 10.2 Å². The summed E-state index contributed by atoms with van der Waals surface area (Å²) in [6.45, 7) is 2.96. The molecular formula is C22H20F3N4. The fourth-order valence-corrected chi connectivity index (χ4v) is 3.89. The highest BCUT2D eigenvalue weighted by Gasteiger charge is 2.49. The number of hydrogen-bond donors (Lipinski definition) is 0. The van der Waals surface area contributed by atoms with Crippen molar-refractivity contribution in [3.05, 3.63) is 72.1 Å². The Hall–Kier alpha value is -2.96. The lowest BCUT2D eigenvalue weighted by Gasteiger charge is -2.46. The first-order valence-electron chi connectivity index (χ1n) is 9.52. The summed E-state index contributed by atoms with van der Waals surface area (Å²) < 4.78 is 41.3. The lowest BCUT2D eigenvalue weighted by atomic mass is 9.64. The van der Waals surface area contributed by atoms with Crippen LogP contribution in [0.3, 0.4) is 0 Å². The number of halogens is 3. The molecule has 0 saturated heterocycles. The van der Waals surface area contributed by atoms with Gasteiger partial charge >= 0.3 is 0 Å². The molecule has 0 amide bonds. The van der Waals surface area contributed by atoms with Gasteiger partial charge < -0.3 is 4.90 Å². The van der Waals surface area contributed by atoms with E-state index in [9.17, 15) is 13.2 Å². The van der Waals surface area contributed by atoms with Gasteiger partial charge in [0.05, 0.1) is 11.4 Å². The molecule has 0 aliphatic heterocycles. The third-order valence-electron chi connectivity index (χ3n) is 5.41. The summed E-state index contributed by atoms with van der Waals surface area (Å²) in [5, 5.41) is 8.52. The summed E-state index contributed by atoms with van der Waals surface area (Å²) in [6.07, 6.45) is 1.04. The van der Waals surface area contributed by atoms with Gasteiger partial charge in [0.2, 0.25) is 0 Å². The molecule has 7 heteroatoms. The second-order valence-corrected chi connectivity index (χ2v) is 7.34. The minimum Gasteiger partial charge on any atom is -0.354 e. The Morgan fingerprint density at radius 2 is 1.97 bits per heavy atom. The Morgan fingerprint density at radius 1 is 1.14 bits per heavy atom. The number of anilines is 1. The van der Waals surface area contributed by atoms with Crippen molar-refractivity contribution in [2.45, 2.75) is 31.4 Å². The maximum absolute atomic E-state index is 14.4. The van der Waals surface area contributed by atoms with E-state index >= 15 is 0 Å². The molecule has 2 aromatic heterocycles. The minimum atomic E-state index is -0.960. The first-order chi connectivity index (χ1) is 14.0. The van der Waals surface area contributed by atoms with Gasteiger partial charge in [0.25, 0.3) is 0 Å². The maximum atomic E-state index is 14.4. The average molecular weight is 397 g/mol. The van der Waals surface area contributed by atoms with Crippen molar-refractivity contribution in [2.75, 3.05) is 18.0 Å². The van der Waals surface area contributed by atoms with Crippen LogP contribution in [0.5, 0.6) is 0 Å². The molecular weight excluding hydrogens is 377 g/mol. The molecule has 4 nitrogen and oxygen atoms in total. The summed E-state index contributed by atoms with van der Waals surface area (Å²) in [5.41, 5.74) is 0.921. The Morgan fingerprint density at radius 3 is 2.55 bits per heavy atom. The van der Waals surface area contributed by atoms with Crippen LogP contribution in [0.2, 0.25) is 0 Å². The topological polar surface area (TPSA) is 41.9 Å². The molecule has 1 saturated carbocycles. The van der Waals surface area contributed by atoms with Crippen molar-refractivity contribution in [3.8, 4) is 11.3 Å². The third-order valence-corrected chi connectivity index (χ3v) is 5.41. The van der Waals surface area contributed by atoms with Crippen molar-refractivity contribution < 1.29 is 13.2 Å². The normalized spacial score (nSPS) is 20.9. The molecule has 149 valence electrons. The van der Waals surface area contributed by atoms with Crippen LogP contribution in [0.1, 0.15) is 25.5 Å². The van der Waals surface area contributed by atoms with Crippen LogP contribution in [-0.2, 0) is 5.41 Å². The van der Waals surface area contributed by atoms with Gasteiger partial charge in [-0.05, 0) is 62.2 Å². The van der Waals surface area contributed by atoms with E-state index in [1.165, 1.54) is 30.5 Å². The monoisotopic (exact) mass is 397 g/mol. The highest BCUT2D eigenvalue weighted by molar-refractivity contribution is 5.59. The highest BCUT2D eigenvalue weighted by Crippen LogP contribution is 2.46. The average Bonchev–Trinajstić information content (AvgIpc) is 2.71. The Labute approximate surface area is 167 Å². The molecule has 1 radical (unpaired) electrons. The summed E-state index contributed by atoms with van der Waals surface area (Å²) >= 11 is 0. The predicted molar refractivity (Wildman–Crippen MR) is 104 cm³/mol. The van der Waals surface area contributed by atoms with Crippen molar-refractivity contribution in [1.29, 1.82) is 0 Å². The standard InChI is InChI=1S/C22H20F3N4/c1-2-29(14-22(12-17(24)13-22)21-18(25)4-3-11-26-21)20-10-9-19(27-28-20)15-5-7-16(23)8-6-15/h3-7,9-11,17H,2,12-14H2,1H3. The van der Waals surface area contributed by atoms with Gasteiger partial charge in [-0.25, -0.2) is 13.2 Å². The van der Waals surface area contributed by atoms with Crippen LogP contribution in [0, 0.1) is 17.7 Å². The van der Waals surface area contributed by atoms with E-state index in [4.69, 9.17) is 0 Å². The van der Waals surface area contributed by atoms with E-state index < -0.39 is 23.2 Å². The molecule has 0 unspecified atom stereocenters. The van der Waals surface area contributed by atoms with E-state index in [-0.39, 0.29) is 12.8 Å². The molecule has 0 N–H and O–H groups in total. The summed E-state index contributed by atoms with van der Waals surface area (Å²) in [6, 6.07) is 13.4. The van der Waals surface area contributed by atoms with Gasteiger partial charge in [0.15, 0.2) is 5.82 Å². The van der Waals surface area contributed by atoms with E-state index in [0.29, 0.717) is 35.9 Å². The van der Waals surface area contributed by atoms with Crippen molar-refractivity contribution in [3.63, 3.8) is 0 Å².